The third-order valence-corrected chi connectivity index (χ3v) is 11.7. The predicted octanol–water partition coefficient (Wildman–Crippen LogP) is 13.2. The maximum absolute atomic E-state index is 5.74. The Hall–Kier alpha value is -6.52. The van der Waals surface area contributed by atoms with Crippen molar-refractivity contribution in [3.05, 3.63) is 299 Å². The van der Waals surface area contributed by atoms with Gasteiger partial charge in [0.2, 0.25) is 0 Å². The minimum atomic E-state index is -0.668. The second-order valence-corrected chi connectivity index (χ2v) is 15.3. The van der Waals surface area contributed by atoms with Gasteiger partial charge in [-0.25, -0.2) is 0 Å². The van der Waals surface area contributed by atoms with Crippen LogP contribution in [0.15, 0.2) is 229 Å². The molecule has 1 aliphatic rings. The minimum Gasteiger partial charge on any atom is -0.659 e. The first-order valence-electron chi connectivity index (χ1n) is 20.1. The number of benzene rings is 7. The van der Waals surface area contributed by atoms with Gasteiger partial charge in [-0.05, 0) is 88.6 Å². The monoisotopic (exact) mass is 819 g/mol. The quantitative estimate of drug-likeness (QED) is 0.0997. The van der Waals surface area contributed by atoms with E-state index in [2.05, 4.69) is 239 Å². The van der Waals surface area contributed by atoms with Gasteiger partial charge in [0.1, 0.15) is 0 Å². The van der Waals surface area contributed by atoms with E-state index in [1.54, 1.807) is 0 Å². The molecule has 8 aromatic rings. The van der Waals surface area contributed by atoms with Crippen molar-refractivity contribution in [2.75, 3.05) is 0 Å². The van der Waals surface area contributed by atoms with E-state index in [-0.39, 0.29) is 24.2 Å². The van der Waals surface area contributed by atoms with Gasteiger partial charge >= 0.3 is 16.8 Å². The molecule has 0 fully saturated rings. The van der Waals surface area contributed by atoms with E-state index >= 15 is 0 Å². The molecular weight excluding hydrogens is 772 g/mol. The Kier molecular flexibility index (Phi) is 12.3. The van der Waals surface area contributed by atoms with Crippen molar-refractivity contribution in [2.24, 2.45) is 4.99 Å². The number of hydrogen-bond acceptors (Lipinski definition) is 1. The molecule has 0 saturated carbocycles. The number of hydrogen-bond donors (Lipinski definition) is 0. The summed E-state index contributed by atoms with van der Waals surface area (Å²) in [6.07, 6.45) is 4.44. The summed E-state index contributed by atoms with van der Waals surface area (Å²) in [7, 11) is 0. The third-order valence-electron chi connectivity index (χ3n) is 11.7. The van der Waals surface area contributed by atoms with Crippen molar-refractivity contribution in [3.63, 3.8) is 0 Å². The van der Waals surface area contributed by atoms with Crippen LogP contribution in [0.2, 0.25) is 0 Å². The topological polar surface area (TPSA) is 26.5 Å². The number of aryl methyl sites for hydroxylation is 3. The average molecular weight is 820 g/mol. The molecule has 0 N–H and O–H groups in total. The molecule has 0 bridgehead atoms. The van der Waals surface area contributed by atoms with Gasteiger partial charge in [0.15, 0.2) is 0 Å². The van der Waals surface area contributed by atoms with E-state index in [4.69, 9.17) is 9.98 Å². The molecule has 2 heterocycles. The fourth-order valence-electron chi connectivity index (χ4n) is 9.40. The molecule has 2 nitrogen and oxygen atoms in total. The summed E-state index contributed by atoms with van der Waals surface area (Å²) < 4.78 is 0. The van der Waals surface area contributed by atoms with E-state index in [1.165, 1.54) is 16.7 Å². The van der Waals surface area contributed by atoms with Gasteiger partial charge in [-0.15, -0.1) is 11.4 Å². The molecule has 0 saturated heterocycles. The number of aliphatic imine (C=N–C) groups is 1. The van der Waals surface area contributed by atoms with Crippen LogP contribution in [-0.2, 0) is 27.6 Å². The van der Waals surface area contributed by atoms with Crippen molar-refractivity contribution in [1.29, 1.82) is 0 Å². The molecule has 0 amide bonds. The number of nitrogens with zero attached hydrogens (tertiary/aromatic N) is 2. The molecule has 60 heavy (non-hydrogen) atoms. The van der Waals surface area contributed by atoms with Crippen LogP contribution < -0.4 is 4.98 Å². The molecule has 0 aliphatic carbocycles. The van der Waals surface area contributed by atoms with Crippen molar-refractivity contribution >= 4 is 11.3 Å². The molecule has 1 aromatic heterocycles. The first-order valence-corrected chi connectivity index (χ1v) is 20.1. The summed E-state index contributed by atoms with van der Waals surface area (Å²) in [4.78, 5) is 11.5. The second-order valence-electron chi connectivity index (χ2n) is 15.3. The van der Waals surface area contributed by atoms with Crippen LogP contribution in [0.4, 0.5) is 0 Å². The maximum Gasteiger partial charge on any atom is 2.00 e. The van der Waals surface area contributed by atoms with Crippen LogP contribution in [0.3, 0.4) is 0 Å². The Labute approximate surface area is 366 Å². The molecule has 1 aliphatic heterocycles. The fourth-order valence-corrected chi connectivity index (χ4v) is 9.40. The molecule has 1 radical (unpaired) electrons. The van der Waals surface area contributed by atoms with Crippen molar-refractivity contribution in [2.45, 2.75) is 31.6 Å². The van der Waals surface area contributed by atoms with Gasteiger partial charge in [0.25, 0.3) is 0 Å². The van der Waals surface area contributed by atoms with Crippen LogP contribution in [0.1, 0.15) is 67.0 Å². The third kappa shape index (κ3) is 7.15. The van der Waals surface area contributed by atoms with E-state index in [1.807, 2.05) is 0 Å². The van der Waals surface area contributed by atoms with Gasteiger partial charge in [-0.1, -0.05) is 212 Å². The number of rotatable bonds is 10. The van der Waals surface area contributed by atoms with Gasteiger partial charge < -0.3 is 12.4 Å². The summed E-state index contributed by atoms with van der Waals surface area (Å²) >= 11 is 0. The molecule has 0 spiro atoms. The smallest absolute Gasteiger partial charge is 0.659 e. The van der Waals surface area contributed by atoms with Crippen molar-refractivity contribution < 1.29 is 16.8 Å². The summed E-state index contributed by atoms with van der Waals surface area (Å²) in [5.41, 5.74) is 15.2. The minimum absolute atomic E-state index is 0. The van der Waals surface area contributed by atoms with E-state index in [0.29, 0.717) is 0 Å². The summed E-state index contributed by atoms with van der Waals surface area (Å²) in [5, 5.41) is 0. The predicted molar refractivity (Wildman–Crippen MR) is 247 cm³/mol. The average Bonchev–Trinajstić information content (AvgIpc) is 3.97. The zero-order chi connectivity index (χ0) is 39.5. The molecule has 7 aromatic carbocycles. The largest absolute Gasteiger partial charge is 2.00 e. The molecule has 295 valence electrons. The van der Waals surface area contributed by atoms with Crippen molar-refractivity contribution in [1.82, 2.24) is 4.98 Å². The van der Waals surface area contributed by atoms with Crippen molar-refractivity contribution in [3.8, 4) is 0 Å². The number of aromatic nitrogens is 1. The number of allylic oxidation sites excluding steroid dienone is 2. The molecule has 9 rings (SSSR count). The van der Waals surface area contributed by atoms with Crippen LogP contribution in [0.5, 0.6) is 0 Å². The summed E-state index contributed by atoms with van der Waals surface area (Å²) in [6.45, 7) is 6.60. The van der Waals surface area contributed by atoms with Gasteiger partial charge in [0, 0.05) is 0 Å². The van der Waals surface area contributed by atoms with Crippen LogP contribution in [-0.4, -0.2) is 5.71 Å². The summed E-state index contributed by atoms with van der Waals surface area (Å²) in [6, 6.07) is 73.8. The summed E-state index contributed by atoms with van der Waals surface area (Å²) in [5.74, 6) is 0. The van der Waals surface area contributed by atoms with Crippen LogP contribution in [0.25, 0.3) is 5.57 Å². The fraction of sp³-hybridized carbons (Fsp3) is 0.0877. The van der Waals surface area contributed by atoms with E-state index in [0.717, 1.165) is 67.3 Å². The Morgan fingerprint density at radius 3 is 1.15 bits per heavy atom. The standard InChI is InChI=1S/C56H45N2.CH3.Co/c1-40-38-41(2)53(42(3)39-40)54(49-34-36-51(57-49)55(43-22-10-4-11-23-43,44-24-12-5-13-25-44)45-26-14-6-15-27-45)50-35-37-52(58-50)56(46-28-16-7-17-29-46,47-30-18-8-19-31-47)48-32-20-9-21-33-48;;/h4-39H,1-3H3;1H3;/q2*-1;+2. The first-order chi connectivity index (χ1) is 28.5. The molecule has 0 atom stereocenters. The second kappa shape index (κ2) is 17.8. The van der Waals surface area contributed by atoms with E-state index in [9.17, 15) is 0 Å². The molecule has 3 heteroatoms. The van der Waals surface area contributed by atoms with Gasteiger partial charge in [-0.2, -0.15) is 0 Å². The van der Waals surface area contributed by atoms with Crippen LogP contribution >= 0.6 is 0 Å². The SMILES string of the molecule is Cc1cc(C)c(C(=C2C=CC(C(c3ccccc3)(c3ccccc3)c3ccccc3)=N2)c2ccc(C(c3ccccc3)(c3ccccc3)c3ccccc3)[n-]2)c(C)c1.[CH3-].[Co+2]. The zero-order valence-electron chi connectivity index (χ0n) is 34.5. The van der Waals surface area contributed by atoms with Crippen LogP contribution in [0, 0.1) is 28.2 Å². The Bertz CT molecular complexity index is 2550. The maximum atomic E-state index is 5.74. The van der Waals surface area contributed by atoms with E-state index < -0.39 is 10.8 Å². The first kappa shape index (κ1) is 41.6. The zero-order valence-corrected chi connectivity index (χ0v) is 35.6. The van der Waals surface area contributed by atoms with Gasteiger partial charge in [-0.3, -0.25) is 4.99 Å². The Balaban J connectivity index is 0.00000272. The molecular formula is C57H48CoN2. The Morgan fingerprint density at radius 2 is 0.783 bits per heavy atom. The Morgan fingerprint density at radius 1 is 0.433 bits per heavy atom. The molecule has 0 unspecified atom stereocenters. The van der Waals surface area contributed by atoms with Gasteiger partial charge in [0.05, 0.1) is 22.2 Å². The normalized spacial score (nSPS) is 13.2.